The Kier molecular flexibility index (Phi) is 5.26. The number of fused-ring (bicyclic) bond motifs is 1. The number of esters is 1. The first-order valence-corrected chi connectivity index (χ1v) is 9.42. The summed E-state index contributed by atoms with van der Waals surface area (Å²) in [6, 6.07) is 5.70. The van der Waals surface area contributed by atoms with Gasteiger partial charge in [0.15, 0.2) is 6.10 Å². The van der Waals surface area contributed by atoms with Crippen molar-refractivity contribution in [1.82, 2.24) is 4.57 Å². The van der Waals surface area contributed by atoms with Crippen LogP contribution in [0.15, 0.2) is 29.1 Å². The molecule has 6 nitrogen and oxygen atoms in total. The molecule has 1 aliphatic rings. The Morgan fingerprint density at radius 2 is 2.07 bits per heavy atom. The lowest BCUT2D eigenvalue weighted by Gasteiger charge is -2.26. The Bertz CT molecular complexity index is 948. The number of aromatic nitrogens is 1. The van der Waals surface area contributed by atoms with Crippen molar-refractivity contribution >= 4 is 23.4 Å². The second-order valence-electron chi connectivity index (χ2n) is 7.24. The van der Waals surface area contributed by atoms with Crippen LogP contribution in [0, 0.1) is 0 Å². The quantitative estimate of drug-likeness (QED) is 0.748. The SMILES string of the molecule is COC(=O)C(OC(C)(C)C)c1sc(=O)n(C)c1-c1ccc2c(c1)C=CCO2. The first-order chi connectivity index (χ1) is 12.7. The second-order valence-corrected chi connectivity index (χ2v) is 8.23. The molecule has 0 N–H and O–H groups in total. The maximum Gasteiger partial charge on any atom is 0.340 e. The van der Waals surface area contributed by atoms with Gasteiger partial charge in [0.25, 0.3) is 0 Å². The van der Waals surface area contributed by atoms with Crippen molar-refractivity contribution in [3.05, 3.63) is 44.4 Å². The number of rotatable bonds is 4. The molecule has 1 aliphatic heterocycles. The molecule has 0 aliphatic carbocycles. The van der Waals surface area contributed by atoms with Crippen LogP contribution in [0.5, 0.6) is 5.75 Å². The van der Waals surface area contributed by atoms with Gasteiger partial charge in [-0.15, -0.1) is 0 Å². The highest BCUT2D eigenvalue weighted by molar-refractivity contribution is 7.10. The van der Waals surface area contributed by atoms with E-state index in [2.05, 4.69) is 0 Å². The molecule has 0 fully saturated rings. The average Bonchev–Trinajstić information content (AvgIpc) is 2.92. The maximum absolute atomic E-state index is 12.4. The van der Waals surface area contributed by atoms with Crippen molar-refractivity contribution in [3.8, 4) is 17.0 Å². The maximum atomic E-state index is 12.4. The highest BCUT2D eigenvalue weighted by Gasteiger charge is 2.33. The molecule has 3 rings (SSSR count). The number of ether oxygens (including phenoxy) is 3. The van der Waals surface area contributed by atoms with Gasteiger partial charge < -0.3 is 18.8 Å². The van der Waals surface area contributed by atoms with E-state index in [1.807, 2.05) is 51.1 Å². The lowest BCUT2D eigenvalue weighted by Crippen LogP contribution is -2.28. The zero-order valence-electron chi connectivity index (χ0n) is 16.1. The molecule has 0 bridgehead atoms. The number of hydrogen-bond donors (Lipinski definition) is 0. The van der Waals surface area contributed by atoms with Gasteiger partial charge in [-0.1, -0.05) is 17.4 Å². The minimum absolute atomic E-state index is 0.170. The Hall–Kier alpha value is -2.38. The van der Waals surface area contributed by atoms with Crippen LogP contribution < -0.4 is 9.61 Å². The lowest BCUT2D eigenvalue weighted by atomic mass is 10.0. The summed E-state index contributed by atoms with van der Waals surface area (Å²) in [4.78, 5) is 25.2. The molecular formula is C20H23NO5S. The third-order valence-electron chi connectivity index (χ3n) is 4.08. The van der Waals surface area contributed by atoms with E-state index in [9.17, 15) is 9.59 Å². The van der Waals surface area contributed by atoms with Crippen LogP contribution in [0.25, 0.3) is 17.3 Å². The van der Waals surface area contributed by atoms with E-state index in [1.165, 1.54) is 11.7 Å². The van der Waals surface area contributed by atoms with Gasteiger partial charge in [-0.2, -0.15) is 0 Å². The lowest BCUT2D eigenvalue weighted by molar-refractivity contribution is -0.163. The third kappa shape index (κ3) is 3.99. The largest absolute Gasteiger partial charge is 0.489 e. The highest BCUT2D eigenvalue weighted by atomic mass is 32.1. The fourth-order valence-electron chi connectivity index (χ4n) is 2.92. The first-order valence-electron chi connectivity index (χ1n) is 8.60. The summed E-state index contributed by atoms with van der Waals surface area (Å²) in [7, 11) is 3.00. The van der Waals surface area contributed by atoms with E-state index >= 15 is 0 Å². The predicted octanol–water partition coefficient (Wildman–Crippen LogP) is 3.55. The van der Waals surface area contributed by atoms with Crippen LogP contribution >= 0.6 is 11.3 Å². The van der Waals surface area contributed by atoms with Crippen molar-refractivity contribution in [1.29, 1.82) is 0 Å². The van der Waals surface area contributed by atoms with E-state index in [-0.39, 0.29) is 4.87 Å². The number of hydrogen-bond acceptors (Lipinski definition) is 6. The molecule has 2 aromatic rings. The molecule has 7 heteroatoms. The highest BCUT2D eigenvalue weighted by Crippen LogP contribution is 2.37. The van der Waals surface area contributed by atoms with E-state index in [1.54, 1.807) is 7.05 Å². The van der Waals surface area contributed by atoms with Gasteiger partial charge >= 0.3 is 10.8 Å². The average molecular weight is 389 g/mol. The summed E-state index contributed by atoms with van der Waals surface area (Å²) >= 11 is 0.998. The normalized spacial score (nSPS) is 14.4. The summed E-state index contributed by atoms with van der Waals surface area (Å²) in [5.41, 5.74) is 1.79. The minimum Gasteiger partial charge on any atom is -0.489 e. The smallest absolute Gasteiger partial charge is 0.340 e. The molecule has 0 saturated carbocycles. The van der Waals surface area contributed by atoms with E-state index in [0.29, 0.717) is 17.2 Å². The Balaban J connectivity index is 2.16. The first kappa shape index (κ1) is 19.4. The summed E-state index contributed by atoms with van der Waals surface area (Å²) in [5, 5.41) is 0. The van der Waals surface area contributed by atoms with Crippen molar-refractivity contribution in [2.75, 3.05) is 13.7 Å². The molecule has 1 aromatic carbocycles. The molecule has 0 spiro atoms. The zero-order valence-corrected chi connectivity index (χ0v) is 16.9. The molecule has 27 heavy (non-hydrogen) atoms. The fourth-order valence-corrected chi connectivity index (χ4v) is 3.94. The van der Waals surface area contributed by atoms with Gasteiger partial charge in [0.05, 0.1) is 23.3 Å². The van der Waals surface area contributed by atoms with E-state index < -0.39 is 17.7 Å². The number of methoxy groups -OCH3 is 1. The van der Waals surface area contributed by atoms with Gasteiger partial charge in [0.2, 0.25) is 0 Å². The third-order valence-corrected chi connectivity index (χ3v) is 5.16. The number of nitrogens with zero attached hydrogens (tertiary/aromatic N) is 1. The molecule has 0 radical (unpaired) electrons. The van der Waals surface area contributed by atoms with Gasteiger partial charge in [-0.05, 0) is 45.0 Å². The number of carbonyl (C=O) groups excluding carboxylic acids is 1. The summed E-state index contributed by atoms with van der Waals surface area (Å²) in [6.07, 6.45) is 2.93. The molecular weight excluding hydrogens is 366 g/mol. The van der Waals surface area contributed by atoms with Gasteiger partial charge in [0.1, 0.15) is 12.4 Å². The Morgan fingerprint density at radius 3 is 2.74 bits per heavy atom. The standard InChI is InChI=1S/C20H23NO5S/c1-20(2,3)26-16(18(22)24-5)17-15(21(4)19(23)27-17)13-8-9-14-12(11-13)7-6-10-25-14/h6-9,11,16H,10H2,1-5H3. The fraction of sp³-hybridized carbons (Fsp3) is 0.400. The second kappa shape index (κ2) is 7.32. The summed E-state index contributed by atoms with van der Waals surface area (Å²) < 4.78 is 18.0. The molecule has 144 valence electrons. The van der Waals surface area contributed by atoms with Gasteiger partial charge in [-0.25, -0.2) is 4.79 Å². The van der Waals surface area contributed by atoms with Crippen LogP contribution in [0.1, 0.15) is 37.3 Å². The molecule has 0 saturated heterocycles. The van der Waals surface area contributed by atoms with E-state index in [4.69, 9.17) is 14.2 Å². The van der Waals surface area contributed by atoms with Gasteiger partial charge in [-0.3, -0.25) is 4.79 Å². The predicted molar refractivity (Wildman–Crippen MR) is 105 cm³/mol. The van der Waals surface area contributed by atoms with Crippen molar-refractivity contribution < 1.29 is 19.0 Å². The zero-order chi connectivity index (χ0) is 19.8. The molecule has 2 heterocycles. The van der Waals surface area contributed by atoms with Crippen molar-refractivity contribution in [3.63, 3.8) is 0 Å². The van der Waals surface area contributed by atoms with Crippen molar-refractivity contribution in [2.24, 2.45) is 7.05 Å². The van der Waals surface area contributed by atoms with E-state index in [0.717, 1.165) is 28.2 Å². The molecule has 1 aromatic heterocycles. The topological polar surface area (TPSA) is 66.8 Å². The Labute approximate surface area is 162 Å². The van der Waals surface area contributed by atoms with Gasteiger partial charge in [0, 0.05) is 18.2 Å². The number of carbonyl (C=O) groups is 1. The summed E-state index contributed by atoms with van der Waals surface area (Å²) in [6.45, 7) is 6.11. The number of benzene rings is 1. The van der Waals surface area contributed by atoms with Crippen LogP contribution in [0.4, 0.5) is 0 Å². The van der Waals surface area contributed by atoms with Crippen LogP contribution in [-0.4, -0.2) is 29.9 Å². The van der Waals surface area contributed by atoms with Crippen molar-refractivity contribution in [2.45, 2.75) is 32.5 Å². The molecule has 0 amide bonds. The Morgan fingerprint density at radius 1 is 1.33 bits per heavy atom. The van der Waals surface area contributed by atoms with Crippen LogP contribution in [-0.2, 0) is 21.3 Å². The molecule has 1 unspecified atom stereocenters. The van der Waals surface area contributed by atoms with Crippen LogP contribution in [0.3, 0.4) is 0 Å². The number of thiazole rings is 1. The monoisotopic (exact) mass is 389 g/mol. The molecule has 1 atom stereocenters. The summed E-state index contributed by atoms with van der Waals surface area (Å²) in [5.74, 6) is 0.257. The van der Waals surface area contributed by atoms with Crippen LogP contribution in [0.2, 0.25) is 0 Å². The minimum atomic E-state index is -0.980.